The van der Waals surface area contributed by atoms with Gasteiger partial charge >= 0.3 is 0 Å². The number of thiophene rings is 2. The molecule has 102 valence electrons. The van der Waals surface area contributed by atoms with E-state index < -0.39 is 0 Å². The first-order chi connectivity index (χ1) is 9.83. The minimum Gasteiger partial charge on any atom is -0.327 e. The summed E-state index contributed by atoms with van der Waals surface area (Å²) >= 11 is 3.29. The van der Waals surface area contributed by atoms with Gasteiger partial charge in [0.1, 0.15) is 0 Å². The second kappa shape index (κ2) is 5.98. The van der Waals surface area contributed by atoms with Crippen molar-refractivity contribution < 1.29 is 4.79 Å². The van der Waals surface area contributed by atoms with Crippen molar-refractivity contribution in [3.63, 3.8) is 0 Å². The van der Waals surface area contributed by atoms with Gasteiger partial charge in [0.2, 0.25) is 0 Å². The van der Waals surface area contributed by atoms with Crippen LogP contribution in [0.1, 0.15) is 20.2 Å². The van der Waals surface area contributed by atoms with Gasteiger partial charge in [-0.25, -0.2) is 0 Å². The summed E-state index contributed by atoms with van der Waals surface area (Å²) in [6.45, 7) is 1.17. The Morgan fingerprint density at radius 3 is 2.25 bits per heavy atom. The highest BCUT2D eigenvalue weighted by Gasteiger charge is 2.19. The molecular formula is C13H12N4OS2. The van der Waals surface area contributed by atoms with E-state index in [-0.39, 0.29) is 5.91 Å². The van der Waals surface area contributed by atoms with Crippen LogP contribution >= 0.6 is 22.7 Å². The third-order valence-corrected chi connectivity index (χ3v) is 4.50. The fourth-order valence-electron chi connectivity index (χ4n) is 1.85. The highest BCUT2D eigenvalue weighted by Crippen LogP contribution is 2.18. The lowest BCUT2D eigenvalue weighted by molar-refractivity contribution is 0.0727. The third-order valence-electron chi connectivity index (χ3n) is 2.77. The average Bonchev–Trinajstić information content (AvgIpc) is 3.20. The Kier molecular flexibility index (Phi) is 3.89. The first kappa shape index (κ1) is 13.0. The molecular weight excluding hydrogens is 292 g/mol. The third kappa shape index (κ3) is 2.94. The Morgan fingerprint density at radius 1 is 1.15 bits per heavy atom. The lowest BCUT2D eigenvalue weighted by Crippen LogP contribution is -2.29. The van der Waals surface area contributed by atoms with Crippen LogP contribution < -0.4 is 0 Å². The molecule has 0 aliphatic heterocycles. The molecule has 3 rings (SSSR count). The summed E-state index contributed by atoms with van der Waals surface area (Å²) in [5, 5.41) is 14.1. The van der Waals surface area contributed by atoms with E-state index >= 15 is 0 Å². The van der Waals surface area contributed by atoms with Crippen molar-refractivity contribution >= 4 is 28.6 Å². The molecule has 20 heavy (non-hydrogen) atoms. The van der Waals surface area contributed by atoms with Crippen molar-refractivity contribution in [1.29, 1.82) is 0 Å². The molecule has 3 heterocycles. The van der Waals surface area contributed by atoms with E-state index in [0.717, 1.165) is 9.75 Å². The molecule has 0 atom stereocenters. The number of nitrogens with zero attached hydrogens (tertiary/aromatic N) is 3. The molecule has 0 aliphatic rings. The van der Waals surface area contributed by atoms with E-state index in [0.29, 0.717) is 18.8 Å². The van der Waals surface area contributed by atoms with Gasteiger partial charge in [0, 0.05) is 9.75 Å². The van der Waals surface area contributed by atoms with Crippen LogP contribution in [0.15, 0.2) is 41.2 Å². The first-order valence-electron chi connectivity index (χ1n) is 6.03. The Labute approximate surface area is 123 Å². The number of H-pyrrole nitrogens is 1. The zero-order valence-corrected chi connectivity index (χ0v) is 12.2. The number of hydrogen-bond donors (Lipinski definition) is 1. The van der Waals surface area contributed by atoms with Crippen LogP contribution in [0, 0.1) is 0 Å². The number of hydrogen-bond acceptors (Lipinski definition) is 5. The van der Waals surface area contributed by atoms with E-state index in [1.807, 2.05) is 35.0 Å². The highest BCUT2D eigenvalue weighted by atomic mass is 32.1. The van der Waals surface area contributed by atoms with Crippen molar-refractivity contribution in [2.45, 2.75) is 13.1 Å². The molecule has 1 N–H and O–H groups in total. The molecule has 0 saturated carbocycles. The van der Waals surface area contributed by atoms with Crippen LogP contribution in [-0.2, 0) is 13.1 Å². The zero-order chi connectivity index (χ0) is 13.8. The second-order valence-electron chi connectivity index (χ2n) is 4.18. The van der Waals surface area contributed by atoms with Crippen LogP contribution in [0.4, 0.5) is 0 Å². The molecule has 3 aromatic rings. The summed E-state index contributed by atoms with van der Waals surface area (Å²) in [5.74, 6) is -0.111. The normalized spacial score (nSPS) is 10.6. The summed E-state index contributed by atoms with van der Waals surface area (Å²) in [7, 11) is 0. The smallest absolute Gasteiger partial charge is 0.276 e. The average molecular weight is 304 g/mol. The van der Waals surface area contributed by atoms with Gasteiger partial charge in [0.15, 0.2) is 5.69 Å². The molecule has 0 spiro atoms. The van der Waals surface area contributed by atoms with Crippen LogP contribution in [0.5, 0.6) is 0 Å². The molecule has 5 nitrogen and oxygen atoms in total. The molecule has 1 amide bonds. The monoisotopic (exact) mass is 304 g/mol. The number of rotatable bonds is 5. The number of nitrogens with one attached hydrogen (secondary N) is 1. The van der Waals surface area contributed by atoms with Crippen LogP contribution in [0.3, 0.4) is 0 Å². The summed E-state index contributed by atoms with van der Waals surface area (Å²) in [4.78, 5) is 16.6. The van der Waals surface area contributed by atoms with Gasteiger partial charge in [-0.3, -0.25) is 4.79 Å². The molecule has 3 aromatic heterocycles. The number of aromatic nitrogens is 3. The van der Waals surface area contributed by atoms with Crippen LogP contribution in [-0.4, -0.2) is 26.2 Å². The van der Waals surface area contributed by atoms with Gasteiger partial charge in [0.05, 0.1) is 19.3 Å². The number of aromatic amines is 1. The van der Waals surface area contributed by atoms with Gasteiger partial charge in [-0.15, -0.1) is 22.7 Å². The fraction of sp³-hybridized carbons (Fsp3) is 0.154. The topological polar surface area (TPSA) is 61.9 Å². The van der Waals surface area contributed by atoms with Crippen molar-refractivity contribution in [2.24, 2.45) is 0 Å². The minimum atomic E-state index is -0.111. The maximum atomic E-state index is 12.5. The van der Waals surface area contributed by atoms with E-state index in [9.17, 15) is 4.79 Å². The van der Waals surface area contributed by atoms with E-state index in [1.54, 1.807) is 27.6 Å². The summed E-state index contributed by atoms with van der Waals surface area (Å²) in [6.07, 6.45) is 1.46. The van der Waals surface area contributed by atoms with Gasteiger partial charge in [0.25, 0.3) is 5.91 Å². The fourth-order valence-corrected chi connectivity index (χ4v) is 3.29. The maximum absolute atomic E-state index is 12.5. The minimum absolute atomic E-state index is 0.111. The summed E-state index contributed by atoms with van der Waals surface area (Å²) in [6, 6.07) is 8.04. The van der Waals surface area contributed by atoms with Crippen LogP contribution in [0.2, 0.25) is 0 Å². The molecule has 0 saturated heterocycles. The Balaban J connectivity index is 1.81. The van der Waals surface area contributed by atoms with Crippen LogP contribution in [0.25, 0.3) is 0 Å². The standard InChI is InChI=1S/C13H12N4OS2/c18-13(12-7-14-16-15-12)17(8-10-3-1-5-19-10)9-11-4-2-6-20-11/h1-7H,8-9H2,(H,14,15,16). The van der Waals surface area contributed by atoms with Crippen molar-refractivity contribution in [2.75, 3.05) is 0 Å². The molecule has 0 aromatic carbocycles. The molecule has 0 bridgehead atoms. The number of carbonyl (C=O) groups excluding carboxylic acids is 1. The van der Waals surface area contributed by atoms with Gasteiger partial charge in [-0.1, -0.05) is 12.1 Å². The number of amides is 1. The molecule has 7 heteroatoms. The maximum Gasteiger partial charge on any atom is 0.276 e. The van der Waals surface area contributed by atoms with Gasteiger partial charge < -0.3 is 4.90 Å². The zero-order valence-electron chi connectivity index (χ0n) is 10.5. The van der Waals surface area contributed by atoms with Crippen molar-refractivity contribution in [3.8, 4) is 0 Å². The highest BCUT2D eigenvalue weighted by molar-refractivity contribution is 7.10. The van der Waals surface area contributed by atoms with Crippen molar-refractivity contribution in [3.05, 3.63) is 56.7 Å². The lowest BCUT2D eigenvalue weighted by Gasteiger charge is -2.20. The molecule has 0 radical (unpaired) electrons. The Hall–Kier alpha value is -1.99. The lowest BCUT2D eigenvalue weighted by atomic mass is 10.3. The molecule has 0 fully saturated rings. The quantitative estimate of drug-likeness (QED) is 0.788. The predicted octanol–water partition coefficient (Wildman–Crippen LogP) is 2.77. The summed E-state index contributed by atoms with van der Waals surface area (Å²) in [5.41, 5.74) is 0.345. The SMILES string of the molecule is O=C(c1cn[nH]n1)N(Cc1cccs1)Cc1cccs1. The largest absolute Gasteiger partial charge is 0.327 e. The predicted molar refractivity (Wildman–Crippen MR) is 78.6 cm³/mol. The van der Waals surface area contributed by atoms with Gasteiger partial charge in [-0.05, 0) is 22.9 Å². The van der Waals surface area contributed by atoms with Gasteiger partial charge in [-0.2, -0.15) is 15.4 Å². The first-order valence-corrected chi connectivity index (χ1v) is 7.78. The van der Waals surface area contributed by atoms with E-state index in [4.69, 9.17) is 0 Å². The van der Waals surface area contributed by atoms with Crippen molar-refractivity contribution in [1.82, 2.24) is 20.3 Å². The molecule has 0 unspecified atom stereocenters. The van der Waals surface area contributed by atoms with E-state index in [2.05, 4.69) is 15.4 Å². The summed E-state index contributed by atoms with van der Waals surface area (Å²) < 4.78 is 0. The second-order valence-corrected chi connectivity index (χ2v) is 6.24. The molecule has 0 aliphatic carbocycles. The number of carbonyl (C=O) groups is 1. The Bertz CT molecular complexity index is 610. The Morgan fingerprint density at radius 2 is 1.80 bits per heavy atom. The van der Waals surface area contributed by atoms with E-state index in [1.165, 1.54) is 6.20 Å².